The summed E-state index contributed by atoms with van der Waals surface area (Å²) < 4.78 is 0. The Kier molecular flexibility index (Phi) is 3.65. The van der Waals surface area contributed by atoms with E-state index in [9.17, 15) is 0 Å². The molecule has 3 heteroatoms. The van der Waals surface area contributed by atoms with Crippen molar-refractivity contribution < 1.29 is 0 Å². The highest BCUT2D eigenvalue weighted by Crippen LogP contribution is 2.24. The fraction of sp³-hybridized carbons (Fsp3) is 1.00. The second kappa shape index (κ2) is 4.81. The SMILES string of the molecule is CC(C)N1CCC(N2CCC(CN)C2)C1. The molecule has 0 aromatic rings. The van der Waals surface area contributed by atoms with Crippen molar-refractivity contribution >= 4 is 0 Å². The maximum atomic E-state index is 5.73. The van der Waals surface area contributed by atoms with Gasteiger partial charge in [0.25, 0.3) is 0 Å². The fourth-order valence-corrected chi connectivity index (χ4v) is 2.92. The van der Waals surface area contributed by atoms with Crippen molar-refractivity contribution in [2.45, 2.75) is 38.8 Å². The van der Waals surface area contributed by atoms with Gasteiger partial charge in [-0.3, -0.25) is 9.80 Å². The van der Waals surface area contributed by atoms with Crippen molar-refractivity contribution in [3.05, 3.63) is 0 Å². The van der Waals surface area contributed by atoms with Crippen LogP contribution in [0.5, 0.6) is 0 Å². The monoisotopic (exact) mass is 211 g/mol. The maximum Gasteiger partial charge on any atom is 0.0235 e. The molecular weight excluding hydrogens is 186 g/mol. The van der Waals surface area contributed by atoms with Crippen LogP contribution in [-0.4, -0.2) is 54.6 Å². The minimum absolute atomic E-state index is 0.711. The summed E-state index contributed by atoms with van der Waals surface area (Å²) in [5.41, 5.74) is 5.73. The lowest BCUT2D eigenvalue weighted by Gasteiger charge is -2.25. The Morgan fingerprint density at radius 1 is 1.20 bits per heavy atom. The average molecular weight is 211 g/mol. The number of rotatable bonds is 3. The highest BCUT2D eigenvalue weighted by molar-refractivity contribution is 4.89. The summed E-state index contributed by atoms with van der Waals surface area (Å²) in [5.74, 6) is 0.762. The van der Waals surface area contributed by atoms with Gasteiger partial charge in [-0.15, -0.1) is 0 Å². The van der Waals surface area contributed by atoms with Crippen LogP contribution in [0.1, 0.15) is 26.7 Å². The summed E-state index contributed by atoms with van der Waals surface area (Å²) in [6.07, 6.45) is 2.67. The Labute approximate surface area is 93.6 Å². The summed E-state index contributed by atoms with van der Waals surface area (Å²) in [5, 5.41) is 0. The lowest BCUT2D eigenvalue weighted by atomic mass is 10.1. The van der Waals surface area contributed by atoms with Gasteiger partial charge in [-0.1, -0.05) is 0 Å². The number of likely N-dealkylation sites (tertiary alicyclic amines) is 2. The quantitative estimate of drug-likeness (QED) is 0.748. The first kappa shape index (κ1) is 11.4. The van der Waals surface area contributed by atoms with Crippen LogP contribution in [0.15, 0.2) is 0 Å². The predicted molar refractivity (Wildman–Crippen MR) is 63.8 cm³/mol. The smallest absolute Gasteiger partial charge is 0.0235 e. The minimum atomic E-state index is 0.711. The largest absolute Gasteiger partial charge is 0.330 e. The standard InChI is InChI=1S/C12H25N3/c1-10(2)14-6-4-12(9-14)15-5-3-11(7-13)8-15/h10-12H,3-9,13H2,1-2H3. The van der Waals surface area contributed by atoms with Gasteiger partial charge < -0.3 is 5.73 Å². The van der Waals surface area contributed by atoms with Crippen LogP contribution in [0.25, 0.3) is 0 Å². The van der Waals surface area contributed by atoms with Crippen LogP contribution >= 0.6 is 0 Å². The molecule has 2 atom stereocenters. The minimum Gasteiger partial charge on any atom is -0.330 e. The van der Waals surface area contributed by atoms with Crippen molar-refractivity contribution in [1.82, 2.24) is 9.80 Å². The second-order valence-electron chi connectivity index (χ2n) is 5.42. The molecular formula is C12H25N3. The molecule has 2 rings (SSSR count). The molecule has 15 heavy (non-hydrogen) atoms. The summed E-state index contributed by atoms with van der Waals surface area (Å²) in [4.78, 5) is 5.26. The van der Waals surface area contributed by atoms with E-state index in [1.54, 1.807) is 0 Å². The van der Waals surface area contributed by atoms with Gasteiger partial charge in [-0.2, -0.15) is 0 Å². The Morgan fingerprint density at radius 2 is 2.00 bits per heavy atom. The first-order valence-corrected chi connectivity index (χ1v) is 6.39. The van der Waals surface area contributed by atoms with Gasteiger partial charge in [-0.05, 0) is 45.7 Å². The lowest BCUT2D eigenvalue weighted by molar-refractivity contribution is 0.209. The van der Waals surface area contributed by atoms with E-state index in [2.05, 4.69) is 23.6 Å². The molecule has 3 nitrogen and oxygen atoms in total. The topological polar surface area (TPSA) is 32.5 Å². The molecule has 0 radical (unpaired) electrons. The maximum absolute atomic E-state index is 5.73. The summed E-state index contributed by atoms with van der Waals surface area (Å²) in [6.45, 7) is 10.5. The zero-order chi connectivity index (χ0) is 10.8. The van der Waals surface area contributed by atoms with Crippen molar-refractivity contribution in [3.8, 4) is 0 Å². The second-order valence-corrected chi connectivity index (χ2v) is 5.42. The summed E-state index contributed by atoms with van der Waals surface area (Å²) in [7, 11) is 0. The fourth-order valence-electron chi connectivity index (χ4n) is 2.92. The van der Waals surface area contributed by atoms with E-state index in [-0.39, 0.29) is 0 Å². The average Bonchev–Trinajstić information content (AvgIpc) is 2.86. The molecule has 0 spiro atoms. The molecule has 0 amide bonds. The third-order valence-electron chi connectivity index (χ3n) is 4.09. The number of hydrogen-bond donors (Lipinski definition) is 1. The van der Waals surface area contributed by atoms with Gasteiger partial charge in [-0.25, -0.2) is 0 Å². The van der Waals surface area contributed by atoms with Gasteiger partial charge in [0.15, 0.2) is 0 Å². The number of nitrogens with two attached hydrogens (primary N) is 1. The molecule has 0 bridgehead atoms. The van der Waals surface area contributed by atoms with E-state index in [1.165, 1.54) is 39.0 Å². The van der Waals surface area contributed by atoms with Gasteiger partial charge in [0.05, 0.1) is 0 Å². The Balaban J connectivity index is 1.81. The zero-order valence-electron chi connectivity index (χ0n) is 10.2. The van der Waals surface area contributed by atoms with Gasteiger partial charge in [0.1, 0.15) is 0 Å². The molecule has 2 aliphatic heterocycles. The highest BCUT2D eigenvalue weighted by atomic mass is 15.3. The Morgan fingerprint density at radius 3 is 2.53 bits per heavy atom. The van der Waals surface area contributed by atoms with Crippen LogP contribution in [0.3, 0.4) is 0 Å². The van der Waals surface area contributed by atoms with Crippen molar-refractivity contribution in [2.75, 3.05) is 32.7 Å². The van der Waals surface area contributed by atoms with Crippen LogP contribution < -0.4 is 5.73 Å². The third kappa shape index (κ3) is 2.52. The molecule has 0 saturated carbocycles. The van der Waals surface area contributed by atoms with E-state index in [0.29, 0.717) is 6.04 Å². The Bertz CT molecular complexity index is 205. The van der Waals surface area contributed by atoms with Gasteiger partial charge in [0.2, 0.25) is 0 Å². The third-order valence-corrected chi connectivity index (χ3v) is 4.09. The van der Waals surface area contributed by atoms with Crippen molar-refractivity contribution in [1.29, 1.82) is 0 Å². The molecule has 0 aliphatic carbocycles. The van der Waals surface area contributed by atoms with Crippen LogP contribution in [0, 0.1) is 5.92 Å². The zero-order valence-corrected chi connectivity index (χ0v) is 10.2. The summed E-state index contributed by atoms with van der Waals surface area (Å²) in [6, 6.07) is 1.52. The number of nitrogens with zero attached hydrogens (tertiary/aromatic N) is 2. The molecule has 2 saturated heterocycles. The molecule has 2 fully saturated rings. The summed E-state index contributed by atoms with van der Waals surface area (Å²) >= 11 is 0. The lowest BCUT2D eigenvalue weighted by Crippen LogP contribution is -2.38. The molecule has 0 aromatic heterocycles. The van der Waals surface area contributed by atoms with Crippen molar-refractivity contribution in [2.24, 2.45) is 11.7 Å². The van der Waals surface area contributed by atoms with Gasteiger partial charge >= 0.3 is 0 Å². The molecule has 2 N–H and O–H groups in total. The van der Waals surface area contributed by atoms with Crippen LogP contribution in [-0.2, 0) is 0 Å². The van der Waals surface area contributed by atoms with Gasteiger partial charge in [0, 0.05) is 31.7 Å². The van der Waals surface area contributed by atoms with E-state index in [0.717, 1.165) is 18.5 Å². The first-order chi connectivity index (χ1) is 7.20. The molecule has 2 heterocycles. The predicted octanol–water partition coefficient (Wildman–Crippen LogP) is 0.750. The highest BCUT2D eigenvalue weighted by Gasteiger charge is 2.32. The molecule has 0 aromatic carbocycles. The van der Waals surface area contributed by atoms with Crippen LogP contribution in [0.4, 0.5) is 0 Å². The van der Waals surface area contributed by atoms with Crippen molar-refractivity contribution in [3.63, 3.8) is 0 Å². The van der Waals surface area contributed by atoms with E-state index >= 15 is 0 Å². The van der Waals surface area contributed by atoms with E-state index in [1.807, 2.05) is 0 Å². The Hall–Kier alpha value is -0.120. The number of hydrogen-bond acceptors (Lipinski definition) is 3. The molecule has 2 unspecified atom stereocenters. The van der Waals surface area contributed by atoms with E-state index in [4.69, 9.17) is 5.73 Å². The first-order valence-electron chi connectivity index (χ1n) is 6.39. The molecule has 88 valence electrons. The normalized spacial score (nSPS) is 34.4. The van der Waals surface area contributed by atoms with E-state index < -0.39 is 0 Å². The van der Waals surface area contributed by atoms with Crippen LogP contribution in [0.2, 0.25) is 0 Å². The molecule has 2 aliphatic rings.